The molecule has 2 aromatic carbocycles. The van der Waals surface area contributed by atoms with E-state index in [9.17, 15) is 0 Å². The van der Waals surface area contributed by atoms with Gasteiger partial charge in [-0.15, -0.1) is 0 Å². The molecule has 0 aliphatic heterocycles. The molecule has 0 aliphatic rings. The molecule has 0 heterocycles. The van der Waals surface area contributed by atoms with Crippen LogP contribution in [-0.4, -0.2) is 14.2 Å². The number of rotatable bonds is 6. The zero-order valence-corrected chi connectivity index (χ0v) is 13.6. The highest BCUT2D eigenvalue weighted by molar-refractivity contribution is 9.10. The van der Waals surface area contributed by atoms with Gasteiger partial charge >= 0.3 is 0 Å². The number of methoxy groups -OCH3 is 2. The minimum atomic E-state index is 0.492. The van der Waals surface area contributed by atoms with E-state index in [-0.39, 0.29) is 0 Å². The molecule has 0 unspecified atom stereocenters. The predicted molar refractivity (Wildman–Crippen MR) is 87.5 cm³/mol. The number of ether oxygens (including phenoxy) is 3. The summed E-state index contributed by atoms with van der Waals surface area (Å²) in [7, 11) is 3.23. The van der Waals surface area contributed by atoms with Gasteiger partial charge in [0.1, 0.15) is 6.61 Å². The first-order valence-electron chi connectivity index (χ1n) is 6.49. The molecule has 0 fully saturated rings. The Bertz CT molecular complexity index is 609. The van der Waals surface area contributed by atoms with Gasteiger partial charge in [0.2, 0.25) is 0 Å². The van der Waals surface area contributed by atoms with Crippen LogP contribution >= 0.6 is 15.9 Å². The van der Waals surface area contributed by atoms with Crippen LogP contribution in [0.15, 0.2) is 53.2 Å². The van der Waals surface area contributed by atoms with Gasteiger partial charge in [-0.05, 0) is 23.8 Å². The summed E-state index contributed by atoms with van der Waals surface area (Å²) >= 11 is 3.51. The molecule has 4 heteroatoms. The van der Waals surface area contributed by atoms with Gasteiger partial charge in [-0.1, -0.05) is 46.3 Å². The molecule has 3 nitrogen and oxygen atoms in total. The Kier molecular flexibility index (Phi) is 5.69. The fraction of sp³-hybridized carbons (Fsp3) is 0.176. The normalized spacial score (nSPS) is 10.6. The lowest BCUT2D eigenvalue weighted by Crippen LogP contribution is -1.99. The van der Waals surface area contributed by atoms with E-state index in [2.05, 4.69) is 15.9 Å². The van der Waals surface area contributed by atoms with Crippen molar-refractivity contribution in [3.63, 3.8) is 0 Å². The van der Waals surface area contributed by atoms with Crippen LogP contribution in [0, 0.1) is 0 Å². The Morgan fingerprint density at radius 3 is 2.48 bits per heavy atom. The number of halogens is 1. The summed E-state index contributed by atoms with van der Waals surface area (Å²) < 4.78 is 17.2. The summed E-state index contributed by atoms with van der Waals surface area (Å²) in [5.41, 5.74) is 1.99. The van der Waals surface area contributed by atoms with Crippen LogP contribution < -0.4 is 9.47 Å². The quantitative estimate of drug-likeness (QED) is 0.711. The Hall–Kier alpha value is -1.94. The van der Waals surface area contributed by atoms with E-state index in [4.69, 9.17) is 14.2 Å². The molecule has 21 heavy (non-hydrogen) atoms. The highest BCUT2D eigenvalue weighted by atomic mass is 79.9. The first kappa shape index (κ1) is 15.4. The molecule has 110 valence electrons. The van der Waals surface area contributed by atoms with Gasteiger partial charge in [0.25, 0.3) is 0 Å². The summed E-state index contributed by atoms with van der Waals surface area (Å²) in [4.78, 5) is 0. The third kappa shape index (κ3) is 4.02. The summed E-state index contributed by atoms with van der Waals surface area (Å²) in [6.45, 7) is 0.492. The van der Waals surface area contributed by atoms with Gasteiger partial charge in [0, 0.05) is 10.0 Å². The average molecular weight is 349 g/mol. The fourth-order valence-corrected chi connectivity index (χ4v) is 2.35. The molecule has 0 saturated heterocycles. The van der Waals surface area contributed by atoms with Gasteiger partial charge < -0.3 is 14.2 Å². The van der Waals surface area contributed by atoms with E-state index in [0.717, 1.165) is 15.6 Å². The van der Waals surface area contributed by atoms with Gasteiger partial charge in [-0.3, -0.25) is 0 Å². The lowest BCUT2D eigenvalue weighted by atomic mass is 10.2. The van der Waals surface area contributed by atoms with E-state index in [1.807, 2.05) is 48.5 Å². The van der Waals surface area contributed by atoms with Crippen molar-refractivity contribution in [3.8, 4) is 11.5 Å². The topological polar surface area (TPSA) is 27.7 Å². The molecule has 0 N–H and O–H groups in total. The van der Waals surface area contributed by atoms with Crippen LogP contribution in [0.5, 0.6) is 11.5 Å². The third-order valence-corrected chi connectivity index (χ3v) is 3.61. The van der Waals surface area contributed by atoms with Crippen LogP contribution in [0.3, 0.4) is 0 Å². The maximum Gasteiger partial charge on any atom is 0.169 e. The first-order valence-corrected chi connectivity index (χ1v) is 7.28. The Balaban J connectivity index is 2.25. The third-order valence-electron chi connectivity index (χ3n) is 2.92. The maximum absolute atomic E-state index is 5.87. The second-order valence-corrected chi connectivity index (χ2v) is 5.16. The Morgan fingerprint density at radius 2 is 1.81 bits per heavy atom. The molecule has 2 rings (SSSR count). The molecule has 2 aromatic rings. The zero-order chi connectivity index (χ0) is 15.1. The van der Waals surface area contributed by atoms with Gasteiger partial charge in [-0.25, -0.2) is 0 Å². The van der Waals surface area contributed by atoms with Crippen molar-refractivity contribution >= 4 is 22.0 Å². The predicted octanol–water partition coefficient (Wildman–Crippen LogP) is 4.65. The van der Waals surface area contributed by atoms with Crippen molar-refractivity contribution in [2.24, 2.45) is 0 Å². The minimum absolute atomic E-state index is 0.492. The molecular weight excluding hydrogens is 332 g/mol. The van der Waals surface area contributed by atoms with Crippen LogP contribution in [0.4, 0.5) is 0 Å². The molecule has 0 amide bonds. The fourth-order valence-electron chi connectivity index (χ4n) is 1.91. The number of benzene rings is 2. The van der Waals surface area contributed by atoms with E-state index in [0.29, 0.717) is 18.1 Å². The van der Waals surface area contributed by atoms with Gasteiger partial charge in [0.05, 0.1) is 20.5 Å². The van der Waals surface area contributed by atoms with Crippen LogP contribution in [-0.2, 0) is 11.3 Å². The molecule has 0 saturated carbocycles. The van der Waals surface area contributed by atoms with E-state index in [1.165, 1.54) is 0 Å². The largest absolute Gasteiger partial charge is 0.504 e. The van der Waals surface area contributed by atoms with Crippen LogP contribution in [0.2, 0.25) is 0 Å². The highest BCUT2D eigenvalue weighted by Gasteiger charge is 2.12. The van der Waals surface area contributed by atoms with Crippen molar-refractivity contribution in [3.05, 3.63) is 64.3 Å². The number of hydrogen-bond donors (Lipinski definition) is 0. The minimum Gasteiger partial charge on any atom is -0.504 e. The van der Waals surface area contributed by atoms with Crippen LogP contribution in [0.1, 0.15) is 11.1 Å². The van der Waals surface area contributed by atoms with Crippen molar-refractivity contribution in [1.29, 1.82) is 0 Å². The van der Waals surface area contributed by atoms with E-state index < -0.39 is 0 Å². The SMILES string of the molecule is COC=Cc1c(Br)ccc(OCc2ccccc2)c1OC. The summed E-state index contributed by atoms with van der Waals surface area (Å²) in [5.74, 6) is 1.37. The van der Waals surface area contributed by atoms with Crippen molar-refractivity contribution < 1.29 is 14.2 Å². The van der Waals surface area contributed by atoms with Crippen molar-refractivity contribution in [1.82, 2.24) is 0 Å². The Morgan fingerprint density at radius 1 is 1.05 bits per heavy atom. The molecular formula is C17H17BrO3. The van der Waals surface area contributed by atoms with Gasteiger partial charge in [0.15, 0.2) is 11.5 Å². The van der Waals surface area contributed by atoms with E-state index in [1.54, 1.807) is 20.5 Å². The Labute approximate surface area is 133 Å². The summed E-state index contributed by atoms with van der Waals surface area (Å²) in [6, 6.07) is 13.8. The highest BCUT2D eigenvalue weighted by Crippen LogP contribution is 2.37. The monoisotopic (exact) mass is 348 g/mol. The molecule has 0 aliphatic carbocycles. The lowest BCUT2D eigenvalue weighted by molar-refractivity contribution is 0.284. The first-order chi connectivity index (χ1) is 10.3. The van der Waals surface area contributed by atoms with E-state index >= 15 is 0 Å². The maximum atomic E-state index is 5.87. The molecule has 0 bridgehead atoms. The number of hydrogen-bond acceptors (Lipinski definition) is 3. The van der Waals surface area contributed by atoms with Crippen molar-refractivity contribution in [2.45, 2.75) is 6.61 Å². The second kappa shape index (κ2) is 7.74. The smallest absolute Gasteiger partial charge is 0.169 e. The molecule has 0 atom stereocenters. The van der Waals surface area contributed by atoms with Crippen molar-refractivity contribution in [2.75, 3.05) is 14.2 Å². The van der Waals surface area contributed by atoms with Crippen LogP contribution in [0.25, 0.3) is 6.08 Å². The molecule has 0 radical (unpaired) electrons. The average Bonchev–Trinajstić information content (AvgIpc) is 2.53. The molecule has 0 aromatic heterocycles. The second-order valence-electron chi connectivity index (χ2n) is 4.31. The standard InChI is InChI=1S/C17H17BrO3/c1-19-11-10-14-15(18)8-9-16(17(14)20-2)21-12-13-6-4-3-5-7-13/h3-11H,12H2,1-2H3. The molecule has 0 spiro atoms. The lowest BCUT2D eigenvalue weighted by Gasteiger charge is -2.14. The summed E-state index contributed by atoms with van der Waals surface area (Å²) in [5, 5.41) is 0. The zero-order valence-electron chi connectivity index (χ0n) is 12.0. The summed E-state index contributed by atoms with van der Waals surface area (Å²) in [6.07, 6.45) is 3.43. The van der Waals surface area contributed by atoms with Gasteiger partial charge in [-0.2, -0.15) is 0 Å².